The average molecular weight is 668 g/mol. The quantitative estimate of drug-likeness (QED) is 0.252. The van der Waals surface area contributed by atoms with E-state index < -0.39 is 47.4 Å². The molecule has 0 aliphatic carbocycles. The van der Waals surface area contributed by atoms with E-state index in [0.717, 1.165) is 16.8 Å². The second-order valence-corrected chi connectivity index (χ2v) is 13.4. The Morgan fingerprint density at radius 3 is 2.14 bits per heavy atom. The normalized spacial score (nSPS) is 19.6. The van der Waals surface area contributed by atoms with Gasteiger partial charge in [0.05, 0.1) is 18.6 Å². The van der Waals surface area contributed by atoms with Crippen molar-refractivity contribution in [2.24, 2.45) is 5.92 Å². The van der Waals surface area contributed by atoms with Crippen LogP contribution in [0.5, 0.6) is 0 Å². The number of hydrogen-bond acceptors (Lipinski definition) is 8. The molecular weight excluding hydrogens is 622 g/mol. The van der Waals surface area contributed by atoms with Gasteiger partial charge in [0.15, 0.2) is 11.6 Å². The van der Waals surface area contributed by atoms with Crippen LogP contribution in [0.3, 0.4) is 0 Å². The summed E-state index contributed by atoms with van der Waals surface area (Å²) >= 11 is 0. The van der Waals surface area contributed by atoms with Gasteiger partial charge in [-0.2, -0.15) is 0 Å². The van der Waals surface area contributed by atoms with E-state index in [4.69, 9.17) is 4.74 Å². The number of carbonyl (C=O) groups excluding carboxylic acids is 5. The summed E-state index contributed by atoms with van der Waals surface area (Å²) in [5.74, 6) is -1.67. The zero-order chi connectivity index (χ0) is 35.1. The predicted molar refractivity (Wildman–Crippen MR) is 186 cm³/mol. The number of nitrogens with zero attached hydrogens (tertiary/aromatic N) is 2. The Labute approximate surface area is 287 Å². The summed E-state index contributed by atoms with van der Waals surface area (Å²) in [4.78, 5) is 72.7. The molecule has 0 bridgehead atoms. The first kappa shape index (κ1) is 35.3. The number of fused-ring (bicyclic) bond motifs is 1. The Hall–Kier alpha value is -5.03. The van der Waals surface area contributed by atoms with Crippen molar-refractivity contribution in [3.63, 3.8) is 0 Å². The van der Waals surface area contributed by atoms with Crippen molar-refractivity contribution in [3.8, 4) is 0 Å². The molecule has 49 heavy (non-hydrogen) atoms. The van der Waals surface area contributed by atoms with Crippen molar-refractivity contribution >= 4 is 35.2 Å². The summed E-state index contributed by atoms with van der Waals surface area (Å²) in [6.45, 7) is 3.93. The van der Waals surface area contributed by atoms with Gasteiger partial charge in [-0.15, -0.1) is 0 Å². The number of ketones is 2. The first-order valence-electron chi connectivity index (χ1n) is 16.7. The summed E-state index contributed by atoms with van der Waals surface area (Å²) in [5, 5.41) is 8.82. The maximum absolute atomic E-state index is 14.8. The second kappa shape index (κ2) is 15.5. The maximum atomic E-state index is 14.8. The summed E-state index contributed by atoms with van der Waals surface area (Å²) in [6, 6.07) is 22.4. The van der Waals surface area contributed by atoms with Crippen LogP contribution in [0.4, 0.5) is 10.5 Å². The third kappa shape index (κ3) is 8.00. The maximum Gasteiger partial charge on any atom is 0.408 e. The van der Waals surface area contributed by atoms with Gasteiger partial charge < -0.3 is 30.5 Å². The van der Waals surface area contributed by atoms with Crippen LogP contribution in [0.15, 0.2) is 84.9 Å². The minimum atomic E-state index is -1.54. The van der Waals surface area contributed by atoms with Gasteiger partial charge in [-0.05, 0) is 60.7 Å². The largest absolute Gasteiger partial charge is 0.445 e. The molecule has 0 aromatic heterocycles. The number of nitrogens with one attached hydrogen (secondary N) is 3. The SMILES string of the molecule is CC(C)C[C@H](NC(=O)c1ccc(N(C)C)cc1)C(=O)[C@@]12CCN[C@@H]1C(=O)CN2C(=O)[C@H](Cc1ccccc1)NC(=O)OCc1ccccc1. The number of carbonyl (C=O) groups is 5. The van der Waals surface area contributed by atoms with Crippen LogP contribution in [-0.2, 0) is 32.1 Å². The van der Waals surface area contributed by atoms with Gasteiger partial charge in [0.25, 0.3) is 5.91 Å². The molecule has 5 rings (SSSR count). The van der Waals surface area contributed by atoms with Gasteiger partial charge in [0, 0.05) is 31.8 Å². The fraction of sp³-hybridized carbons (Fsp3) is 0.395. The Balaban J connectivity index is 1.43. The highest BCUT2D eigenvalue weighted by molar-refractivity contribution is 6.10. The highest BCUT2D eigenvalue weighted by atomic mass is 16.5. The Kier molecular flexibility index (Phi) is 11.1. The highest BCUT2D eigenvalue weighted by Crippen LogP contribution is 2.38. The van der Waals surface area contributed by atoms with E-state index in [9.17, 15) is 24.0 Å². The lowest BCUT2D eigenvalue weighted by Crippen LogP contribution is -2.65. The molecule has 2 saturated heterocycles. The topological polar surface area (TPSA) is 137 Å². The van der Waals surface area contributed by atoms with E-state index >= 15 is 0 Å². The zero-order valence-corrected chi connectivity index (χ0v) is 28.5. The fourth-order valence-corrected chi connectivity index (χ4v) is 6.75. The Morgan fingerprint density at radius 1 is 0.898 bits per heavy atom. The predicted octanol–water partition coefficient (Wildman–Crippen LogP) is 3.52. The molecule has 0 radical (unpaired) electrons. The average Bonchev–Trinajstić information content (AvgIpc) is 3.66. The first-order chi connectivity index (χ1) is 23.5. The number of ether oxygens (including phenoxy) is 1. The molecule has 2 fully saturated rings. The van der Waals surface area contributed by atoms with Crippen molar-refractivity contribution in [1.82, 2.24) is 20.9 Å². The van der Waals surface area contributed by atoms with Gasteiger partial charge in [-0.25, -0.2) is 4.79 Å². The molecule has 2 aliphatic heterocycles. The van der Waals surface area contributed by atoms with E-state index in [0.29, 0.717) is 18.5 Å². The Morgan fingerprint density at radius 2 is 1.53 bits per heavy atom. The van der Waals surface area contributed by atoms with Crippen LogP contribution in [0, 0.1) is 5.92 Å². The van der Waals surface area contributed by atoms with Gasteiger partial charge in [-0.3, -0.25) is 19.2 Å². The zero-order valence-electron chi connectivity index (χ0n) is 28.5. The highest BCUT2D eigenvalue weighted by Gasteiger charge is 2.64. The molecule has 0 spiro atoms. The summed E-state index contributed by atoms with van der Waals surface area (Å²) in [6.07, 6.45) is -0.188. The minimum absolute atomic E-state index is 0.00396. The number of hydrogen-bond donors (Lipinski definition) is 3. The van der Waals surface area contributed by atoms with Gasteiger partial charge in [0.2, 0.25) is 5.91 Å². The monoisotopic (exact) mass is 667 g/mol. The molecule has 3 N–H and O–H groups in total. The van der Waals surface area contributed by atoms with Gasteiger partial charge in [0.1, 0.15) is 18.2 Å². The molecule has 3 aromatic carbocycles. The van der Waals surface area contributed by atoms with Crippen molar-refractivity contribution in [2.75, 3.05) is 32.1 Å². The molecule has 2 heterocycles. The van der Waals surface area contributed by atoms with Crippen molar-refractivity contribution in [2.45, 2.75) is 63.4 Å². The fourth-order valence-electron chi connectivity index (χ4n) is 6.75. The molecule has 2 aliphatic rings. The molecule has 0 saturated carbocycles. The minimum Gasteiger partial charge on any atom is -0.445 e. The summed E-state index contributed by atoms with van der Waals surface area (Å²) < 4.78 is 5.46. The van der Waals surface area contributed by atoms with E-state index in [2.05, 4.69) is 16.0 Å². The molecule has 4 atom stereocenters. The number of anilines is 1. The Bertz CT molecular complexity index is 1650. The van der Waals surface area contributed by atoms with Crippen LogP contribution in [-0.4, -0.2) is 85.2 Å². The molecule has 0 unspecified atom stereocenters. The smallest absolute Gasteiger partial charge is 0.408 e. The second-order valence-electron chi connectivity index (χ2n) is 13.4. The molecule has 11 heteroatoms. The lowest BCUT2D eigenvalue weighted by molar-refractivity contribution is -0.146. The van der Waals surface area contributed by atoms with Gasteiger partial charge in [-0.1, -0.05) is 74.5 Å². The van der Waals surface area contributed by atoms with E-state index in [-0.39, 0.29) is 37.7 Å². The number of alkyl carbamates (subject to hydrolysis) is 1. The van der Waals surface area contributed by atoms with Crippen LogP contribution < -0.4 is 20.9 Å². The van der Waals surface area contributed by atoms with E-state index in [1.165, 1.54) is 4.90 Å². The van der Waals surface area contributed by atoms with Crippen molar-refractivity contribution < 1.29 is 28.7 Å². The number of benzene rings is 3. The van der Waals surface area contributed by atoms with Crippen molar-refractivity contribution in [1.29, 1.82) is 0 Å². The third-order valence-electron chi connectivity index (χ3n) is 9.20. The molecule has 3 amide bonds. The van der Waals surface area contributed by atoms with E-state index in [1.807, 2.05) is 106 Å². The standard InChI is InChI=1S/C38H45N5O6/c1-25(2)21-30(40-35(46)28-15-17-29(18-16-28)42(3)4)34(45)38-19-20-39-33(38)32(44)23-43(38)36(47)31(22-26-11-7-5-8-12-26)41-37(48)49-24-27-13-9-6-10-14-27/h5-18,25,30-31,33,39H,19-24H2,1-4H3,(H,40,46)(H,41,48)/t30-,31-,33+,38+/m0/s1. The first-order valence-corrected chi connectivity index (χ1v) is 16.7. The molecular formula is C38H45N5O6. The summed E-state index contributed by atoms with van der Waals surface area (Å²) in [5.41, 5.74) is 1.33. The lowest BCUT2D eigenvalue weighted by atomic mass is 9.80. The van der Waals surface area contributed by atoms with Crippen LogP contribution in [0.25, 0.3) is 0 Å². The molecule has 11 nitrogen and oxygen atoms in total. The number of likely N-dealkylation sites (tertiary alicyclic amines) is 1. The van der Waals surface area contributed by atoms with Crippen LogP contribution in [0.2, 0.25) is 0 Å². The molecule has 3 aromatic rings. The lowest BCUT2D eigenvalue weighted by Gasteiger charge is -2.40. The number of rotatable bonds is 13. The van der Waals surface area contributed by atoms with Crippen LogP contribution >= 0.6 is 0 Å². The number of Topliss-reactive ketones (excluding diaryl/α,β-unsaturated/α-hetero) is 2. The van der Waals surface area contributed by atoms with Crippen molar-refractivity contribution in [3.05, 3.63) is 102 Å². The number of amides is 3. The van der Waals surface area contributed by atoms with Crippen LogP contribution in [0.1, 0.15) is 48.2 Å². The molecule has 258 valence electrons. The van der Waals surface area contributed by atoms with Gasteiger partial charge >= 0.3 is 6.09 Å². The third-order valence-corrected chi connectivity index (χ3v) is 9.20. The summed E-state index contributed by atoms with van der Waals surface area (Å²) in [7, 11) is 3.81. The van der Waals surface area contributed by atoms with E-state index in [1.54, 1.807) is 12.1 Å².